The Kier molecular flexibility index (Phi) is 7.39. The van der Waals surface area contributed by atoms with E-state index in [1.807, 2.05) is 36.4 Å². The number of likely N-dealkylation sites (tertiary alicyclic amines) is 1. The van der Waals surface area contributed by atoms with Gasteiger partial charge in [-0.3, -0.25) is 19.8 Å². The molecule has 0 atom stereocenters. The molecule has 176 valence electrons. The zero-order valence-corrected chi connectivity index (χ0v) is 19.0. The van der Waals surface area contributed by atoms with E-state index in [9.17, 15) is 14.9 Å². The largest absolute Gasteiger partial charge is 0.496 e. The van der Waals surface area contributed by atoms with Crippen LogP contribution < -0.4 is 14.8 Å². The zero-order chi connectivity index (χ0) is 23.9. The Balaban J connectivity index is 1.41. The van der Waals surface area contributed by atoms with E-state index >= 15 is 0 Å². The number of hydrogen-bond acceptors (Lipinski definition) is 6. The number of benzene rings is 3. The van der Waals surface area contributed by atoms with Crippen molar-refractivity contribution in [3.8, 4) is 17.2 Å². The predicted octanol–water partition coefficient (Wildman–Crippen LogP) is 4.79. The number of ether oxygens (including phenoxy) is 2. The first-order valence-corrected chi connectivity index (χ1v) is 11.2. The number of para-hydroxylation sites is 2. The predicted molar refractivity (Wildman–Crippen MR) is 128 cm³/mol. The molecular weight excluding hydrogens is 434 g/mol. The third-order valence-electron chi connectivity index (χ3n) is 5.90. The Labute approximate surface area is 198 Å². The van der Waals surface area contributed by atoms with Crippen molar-refractivity contribution in [2.75, 3.05) is 20.2 Å². The number of piperidine rings is 1. The summed E-state index contributed by atoms with van der Waals surface area (Å²) >= 11 is 0. The van der Waals surface area contributed by atoms with E-state index in [-0.39, 0.29) is 28.9 Å². The van der Waals surface area contributed by atoms with Crippen LogP contribution in [0.5, 0.6) is 17.2 Å². The lowest BCUT2D eigenvalue weighted by atomic mass is 10.0. The summed E-state index contributed by atoms with van der Waals surface area (Å²) in [6, 6.07) is 21.0. The van der Waals surface area contributed by atoms with Gasteiger partial charge < -0.3 is 14.8 Å². The summed E-state index contributed by atoms with van der Waals surface area (Å²) in [6.07, 6.45) is 1.56. The van der Waals surface area contributed by atoms with Gasteiger partial charge in [-0.05, 0) is 37.1 Å². The first-order chi connectivity index (χ1) is 16.5. The third kappa shape index (κ3) is 5.71. The number of nitro benzene ring substituents is 1. The van der Waals surface area contributed by atoms with E-state index in [1.165, 1.54) is 18.2 Å². The van der Waals surface area contributed by atoms with E-state index in [0.717, 1.165) is 43.8 Å². The standard InChI is InChI=1S/C26H27N3O5/c1-33-24-10-6-5-7-19(24)18-28-15-13-20(14-16-28)27-26(30)23-17-21(29(31)32)11-12-25(23)34-22-8-3-2-4-9-22/h2-12,17,20H,13-16,18H2,1H3,(H,27,30). The van der Waals surface area contributed by atoms with Gasteiger partial charge in [-0.25, -0.2) is 0 Å². The summed E-state index contributed by atoms with van der Waals surface area (Å²) in [4.78, 5) is 26.2. The lowest BCUT2D eigenvalue weighted by Gasteiger charge is -2.32. The molecule has 3 aromatic carbocycles. The zero-order valence-electron chi connectivity index (χ0n) is 19.0. The fourth-order valence-corrected chi connectivity index (χ4v) is 4.09. The van der Waals surface area contributed by atoms with Gasteiger partial charge in [0.05, 0.1) is 17.6 Å². The van der Waals surface area contributed by atoms with Crippen LogP contribution in [0.25, 0.3) is 0 Å². The summed E-state index contributed by atoms with van der Waals surface area (Å²) in [7, 11) is 1.67. The number of nitrogens with one attached hydrogen (secondary N) is 1. The molecule has 1 N–H and O–H groups in total. The van der Waals surface area contributed by atoms with Gasteiger partial charge in [-0.2, -0.15) is 0 Å². The van der Waals surface area contributed by atoms with Crippen LogP contribution in [0.15, 0.2) is 72.8 Å². The van der Waals surface area contributed by atoms with Gasteiger partial charge in [0.2, 0.25) is 0 Å². The molecule has 1 aliphatic heterocycles. The monoisotopic (exact) mass is 461 g/mol. The van der Waals surface area contributed by atoms with Crippen LogP contribution >= 0.6 is 0 Å². The number of carbonyl (C=O) groups excluding carboxylic acids is 1. The normalized spacial score (nSPS) is 14.4. The average Bonchev–Trinajstić information content (AvgIpc) is 2.86. The second-order valence-electron chi connectivity index (χ2n) is 8.19. The van der Waals surface area contributed by atoms with Crippen molar-refractivity contribution in [2.24, 2.45) is 0 Å². The minimum absolute atomic E-state index is 0.0229. The molecule has 1 aliphatic rings. The number of nitro groups is 1. The molecule has 1 amide bonds. The SMILES string of the molecule is COc1ccccc1CN1CCC(NC(=O)c2cc([N+](=O)[O-])ccc2Oc2ccccc2)CC1. The van der Waals surface area contributed by atoms with Gasteiger partial charge in [0.1, 0.15) is 17.2 Å². The van der Waals surface area contributed by atoms with Crippen LogP contribution in [-0.4, -0.2) is 42.0 Å². The smallest absolute Gasteiger partial charge is 0.270 e. The molecule has 0 unspecified atom stereocenters. The van der Waals surface area contributed by atoms with Crippen LogP contribution in [0.1, 0.15) is 28.8 Å². The highest BCUT2D eigenvalue weighted by atomic mass is 16.6. The molecule has 8 heteroatoms. The maximum absolute atomic E-state index is 13.1. The van der Waals surface area contributed by atoms with Crippen molar-refractivity contribution >= 4 is 11.6 Å². The number of rotatable bonds is 8. The van der Waals surface area contributed by atoms with Crippen molar-refractivity contribution in [1.82, 2.24) is 10.2 Å². The van der Waals surface area contributed by atoms with Crippen LogP contribution in [0.4, 0.5) is 5.69 Å². The van der Waals surface area contributed by atoms with E-state index in [0.29, 0.717) is 5.75 Å². The average molecular weight is 462 g/mol. The van der Waals surface area contributed by atoms with Gasteiger partial charge in [0, 0.05) is 43.4 Å². The van der Waals surface area contributed by atoms with Gasteiger partial charge in [-0.15, -0.1) is 0 Å². The first kappa shape index (κ1) is 23.3. The first-order valence-electron chi connectivity index (χ1n) is 11.2. The molecule has 1 heterocycles. The molecule has 0 saturated carbocycles. The van der Waals surface area contributed by atoms with Crippen LogP contribution in [-0.2, 0) is 6.54 Å². The van der Waals surface area contributed by atoms with Gasteiger partial charge >= 0.3 is 0 Å². The highest BCUT2D eigenvalue weighted by molar-refractivity contribution is 5.98. The number of nitrogens with zero attached hydrogens (tertiary/aromatic N) is 2. The molecule has 1 saturated heterocycles. The van der Waals surface area contributed by atoms with Gasteiger partial charge in [-0.1, -0.05) is 36.4 Å². The highest BCUT2D eigenvalue weighted by Gasteiger charge is 2.24. The molecule has 8 nitrogen and oxygen atoms in total. The number of amides is 1. The van der Waals surface area contributed by atoms with E-state index < -0.39 is 4.92 Å². The summed E-state index contributed by atoms with van der Waals surface area (Å²) in [5.74, 6) is 1.32. The van der Waals surface area contributed by atoms with E-state index in [1.54, 1.807) is 19.2 Å². The van der Waals surface area contributed by atoms with E-state index in [4.69, 9.17) is 9.47 Å². The maximum Gasteiger partial charge on any atom is 0.270 e. The lowest BCUT2D eigenvalue weighted by Crippen LogP contribution is -2.44. The Morgan fingerprint density at radius 2 is 1.74 bits per heavy atom. The third-order valence-corrected chi connectivity index (χ3v) is 5.90. The molecule has 4 rings (SSSR count). The summed E-state index contributed by atoms with van der Waals surface area (Å²) in [5, 5.41) is 14.3. The molecule has 3 aromatic rings. The van der Waals surface area contributed by atoms with Crippen molar-refractivity contribution in [1.29, 1.82) is 0 Å². The van der Waals surface area contributed by atoms with Crippen molar-refractivity contribution in [3.63, 3.8) is 0 Å². The summed E-state index contributed by atoms with van der Waals surface area (Å²) in [6.45, 7) is 2.43. The van der Waals surface area contributed by atoms with Crippen molar-refractivity contribution in [3.05, 3.63) is 94.0 Å². The van der Waals surface area contributed by atoms with E-state index in [2.05, 4.69) is 16.3 Å². The minimum atomic E-state index is -0.514. The quantitative estimate of drug-likeness (QED) is 0.383. The Morgan fingerprint density at radius 1 is 1.03 bits per heavy atom. The second kappa shape index (κ2) is 10.8. The second-order valence-corrected chi connectivity index (χ2v) is 8.19. The summed E-state index contributed by atoms with van der Waals surface area (Å²) < 4.78 is 11.3. The Bertz CT molecular complexity index is 1140. The Hall–Kier alpha value is -3.91. The molecule has 1 fully saturated rings. The highest BCUT2D eigenvalue weighted by Crippen LogP contribution is 2.29. The molecule has 0 spiro atoms. The minimum Gasteiger partial charge on any atom is -0.496 e. The number of carbonyl (C=O) groups is 1. The Morgan fingerprint density at radius 3 is 2.44 bits per heavy atom. The number of non-ortho nitro benzene ring substituents is 1. The fourth-order valence-electron chi connectivity index (χ4n) is 4.09. The van der Waals surface area contributed by atoms with Crippen molar-refractivity contribution in [2.45, 2.75) is 25.4 Å². The van der Waals surface area contributed by atoms with Crippen LogP contribution in [0, 0.1) is 10.1 Å². The van der Waals surface area contributed by atoms with Crippen molar-refractivity contribution < 1.29 is 19.2 Å². The van der Waals surface area contributed by atoms with Crippen LogP contribution in [0.3, 0.4) is 0 Å². The number of methoxy groups -OCH3 is 1. The van der Waals surface area contributed by atoms with Crippen LogP contribution in [0.2, 0.25) is 0 Å². The van der Waals surface area contributed by atoms with Gasteiger partial charge in [0.25, 0.3) is 11.6 Å². The topological polar surface area (TPSA) is 93.9 Å². The fraction of sp³-hybridized carbons (Fsp3) is 0.269. The van der Waals surface area contributed by atoms with Gasteiger partial charge in [0.15, 0.2) is 0 Å². The molecule has 0 aliphatic carbocycles. The maximum atomic E-state index is 13.1. The number of hydrogen-bond donors (Lipinski definition) is 1. The molecule has 0 bridgehead atoms. The summed E-state index contributed by atoms with van der Waals surface area (Å²) in [5.41, 5.74) is 1.12. The molecule has 0 radical (unpaired) electrons. The molecule has 34 heavy (non-hydrogen) atoms. The lowest BCUT2D eigenvalue weighted by molar-refractivity contribution is -0.384. The molecular formula is C26H27N3O5. The molecule has 0 aromatic heterocycles.